The lowest BCUT2D eigenvalue weighted by Gasteiger charge is -2.38. The second kappa shape index (κ2) is 7.24. The highest BCUT2D eigenvalue weighted by Crippen LogP contribution is 2.25. The van der Waals surface area contributed by atoms with Crippen molar-refractivity contribution in [2.75, 3.05) is 0 Å². The lowest BCUT2D eigenvalue weighted by Crippen LogP contribution is -2.61. The van der Waals surface area contributed by atoms with Crippen molar-refractivity contribution in [2.45, 2.75) is 50.1 Å². The van der Waals surface area contributed by atoms with E-state index in [-0.39, 0.29) is 6.04 Å². The summed E-state index contributed by atoms with van der Waals surface area (Å²) in [5, 5.41) is 38.2. The van der Waals surface area contributed by atoms with Gasteiger partial charge in [-0.2, -0.15) is 0 Å². The Labute approximate surface area is 133 Å². The predicted molar refractivity (Wildman–Crippen MR) is 78.7 cm³/mol. The molecule has 6 atom stereocenters. The summed E-state index contributed by atoms with van der Waals surface area (Å²) < 4.78 is 10.4. The van der Waals surface area contributed by atoms with E-state index < -0.39 is 36.7 Å². The summed E-state index contributed by atoms with van der Waals surface area (Å²) in [6.45, 7) is 1.88. The van der Waals surface area contributed by atoms with Gasteiger partial charge < -0.3 is 35.6 Å². The fourth-order valence-electron chi connectivity index (χ4n) is 2.36. The number of carboxylic acid groups (broad SMARTS) is 1. The molecule has 1 aliphatic rings. The van der Waals surface area contributed by atoms with Gasteiger partial charge in [0.2, 0.25) is 6.29 Å². The number of carbonyl (C=O) groups is 1. The second-order valence-electron chi connectivity index (χ2n) is 5.68. The topological polar surface area (TPSA) is 142 Å². The van der Waals surface area contributed by atoms with E-state index in [1.807, 2.05) is 6.92 Å². The molecule has 128 valence electrons. The first-order chi connectivity index (χ1) is 10.8. The van der Waals surface area contributed by atoms with E-state index in [4.69, 9.17) is 20.3 Å². The van der Waals surface area contributed by atoms with Crippen molar-refractivity contribution in [3.8, 4) is 5.75 Å². The minimum Gasteiger partial charge on any atom is -0.479 e. The van der Waals surface area contributed by atoms with Crippen LogP contribution in [0.15, 0.2) is 24.3 Å². The molecular weight excluding hydrogens is 306 g/mol. The smallest absolute Gasteiger partial charge is 0.335 e. The highest BCUT2D eigenvalue weighted by molar-refractivity contribution is 5.73. The number of aliphatic hydroxyl groups is 3. The van der Waals surface area contributed by atoms with E-state index in [0.29, 0.717) is 12.2 Å². The fraction of sp³-hybridized carbons (Fsp3) is 0.533. The van der Waals surface area contributed by atoms with E-state index in [1.165, 1.54) is 0 Å². The number of nitrogens with two attached hydrogens (primary N) is 1. The molecule has 0 bridgehead atoms. The molecule has 0 aliphatic carbocycles. The van der Waals surface area contributed by atoms with Crippen molar-refractivity contribution >= 4 is 5.97 Å². The first kappa shape index (κ1) is 17.6. The summed E-state index contributed by atoms with van der Waals surface area (Å²) in [5.41, 5.74) is 6.71. The van der Waals surface area contributed by atoms with E-state index in [9.17, 15) is 20.1 Å². The van der Waals surface area contributed by atoms with Gasteiger partial charge in [0.15, 0.2) is 6.10 Å². The average Bonchev–Trinajstić information content (AvgIpc) is 2.48. The molecule has 0 spiro atoms. The molecule has 6 N–H and O–H groups in total. The highest BCUT2D eigenvalue weighted by Gasteiger charge is 2.48. The Kier molecular flexibility index (Phi) is 5.55. The number of aliphatic carboxylic acids is 1. The molecule has 8 nitrogen and oxygen atoms in total. The number of hydrogen-bond donors (Lipinski definition) is 5. The van der Waals surface area contributed by atoms with E-state index in [2.05, 4.69) is 0 Å². The zero-order chi connectivity index (χ0) is 17.1. The van der Waals surface area contributed by atoms with Crippen LogP contribution in [0.4, 0.5) is 0 Å². The largest absolute Gasteiger partial charge is 0.479 e. The molecule has 8 heteroatoms. The molecule has 1 aliphatic heterocycles. The van der Waals surface area contributed by atoms with Crippen molar-refractivity contribution in [2.24, 2.45) is 5.73 Å². The van der Waals surface area contributed by atoms with Crippen LogP contribution in [0.2, 0.25) is 0 Å². The SMILES string of the molecule is C[C@@H](N)Cc1ccc(O[C@@H]2O[C@H](C(=O)O)[C@@H](O)[C@H](O)[C@H]2O)cc1. The Balaban J connectivity index is 2.07. The quantitative estimate of drug-likeness (QED) is 0.456. The molecule has 2 rings (SSSR count). The summed E-state index contributed by atoms with van der Waals surface area (Å²) in [7, 11) is 0. The summed E-state index contributed by atoms with van der Waals surface area (Å²) in [6, 6.07) is 6.84. The summed E-state index contributed by atoms with van der Waals surface area (Å²) >= 11 is 0. The Morgan fingerprint density at radius 2 is 1.83 bits per heavy atom. The summed E-state index contributed by atoms with van der Waals surface area (Å²) in [4.78, 5) is 11.0. The Morgan fingerprint density at radius 1 is 1.22 bits per heavy atom. The van der Waals surface area contributed by atoms with Crippen LogP contribution >= 0.6 is 0 Å². The number of benzene rings is 1. The summed E-state index contributed by atoms with van der Waals surface area (Å²) in [6.07, 6.45) is -7.41. The van der Waals surface area contributed by atoms with Gasteiger partial charge in [-0.3, -0.25) is 0 Å². The second-order valence-corrected chi connectivity index (χ2v) is 5.68. The zero-order valence-corrected chi connectivity index (χ0v) is 12.6. The molecule has 0 radical (unpaired) electrons. The van der Waals surface area contributed by atoms with Crippen molar-refractivity contribution < 1.29 is 34.7 Å². The van der Waals surface area contributed by atoms with Gasteiger partial charge >= 0.3 is 5.97 Å². The van der Waals surface area contributed by atoms with Crippen molar-refractivity contribution in [1.82, 2.24) is 0 Å². The van der Waals surface area contributed by atoms with Gasteiger partial charge in [-0.1, -0.05) is 12.1 Å². The average molecular weight is 327 g/mol. The van der Waals surface area contributed by atoms with Crippen molar-refractivity contribution in [1.29, 1.82) is 0 Å². The monoisotopic (exact) mass is 327 g/mol. The van der Waals surface area contributed by atoms with Gasteiger partial charge in [-0.05, 0) is 31.0 Å². The minimum absolute atomic E-state index is 0.0122. The number of rotatable bonds is 5. The number of carboxylic acids is 1. The summed E-state index contributed by atoms with van der Waals surface area (Å²) in [5.74, 6) is -1.13. The number of aliphatic hydroxyl groups excluding tert-OH is 3. The molecule has 0 unspecified atom stereocenters. The number of ether oxygens (including phenoxy) is 2. The first-order valence-electron chi connectivity index (χ1n) is 7.23. The maximum Gasteiger partial charge on any atom is 0.335 e. The van der Waals surface area contributed by atoms with Crippen LogP contribution < -0.4 is 10.5 Å². The maximum absolute atomic E-state index is 11.0. The third-order valence-electron chi connectivity index (χ3n) is 3.55. The van der Waals surface area contributed by atoms with Crippen LogP contribution in [-0.4, -0.2) is 63.1 Å². The normalized spacial score (nSPS) is 32.3. The molecular formula is C15H21NO7. The van der Waals surface area contributed by atoms with Crippen LogP contribution in [0.5, 0.6) is 5.75 Å². The Hall–Kier alpha value is -1.71. The lowest BCUT2D eigenvalue weighted by atomic mass is 9.99. The fourth-order valence-corrected chi connectivity index (χ4v) is 2.36. The van der Waals surface area contributed by atoms with Gasteiger partial charge in [0.05, 0.1) is 0 Å². The van der Waals surface area contributed by atoms with Gasteiger partial charge in [0.1, 0.15) is 24.1 Å². The van der Waals surface area contributed by atoms with Gasteiger partial charge in [-0.25, -0.2) is 4.79 Å². The molecule has 0 saturated carbocycles. The molecule has 0 amide bonds. The van der Waals surface area contributed by atoms with Crippen LogP contribution in [0.25, 0.3) is 0 Å². The molecule has 1 fully saturated rings. The lowest BCUT2D eigenvalue weighted by molar-refractivity contribution is -0.271. The van der Waals surface area contributed by atoms with E-state index in [1.54, 1.807) is 24.3 Å². The highest BCUT2D eigenvalue weighted by atomic mass is 16.7. The van der Waals surface area contributed by atoms with E-state index >= 15 is 0 Å². The molecule has 1 aromatic carbocycles. The van der Waals surface area contributed by atoms with Crippen LogP contribution in [0, 0.1) is 0 Å². The third-order valence-corrected chi connectivity index (χ3v) is 3.55. The van der Waals surface area contributed by atoms with E-state index in [0.717, 1.165) is 5.56 Å². The standard InChI is InChI=1S/C15H21NO7/c1-7(16)6-8-2-4-9(5-3-8)22-15-12(19)10(17)11(18)13(23-15)14(20)21/h2-5,7,10-13,15,17-19H,6,16H2,1H3,(H,20,21)/t7-,10+,11+,12-,13+,15-/m1/s1. The Bertz CT molecular complexity index is 533. The number of hydrogen-bond acceptors (Lipinski definition) is 7. The van der Waals surface area contributed by atoms with Crippen molar-refractivity contribution in [3.63, 3.8) is 0 Å². The maximum atomic E-state index is 11.0. The zero-order valence-electron chi connectivity index (χ0n) is 12.6. The van der Waals surface area contributed by atoms with Crippen LogP contribution in [0.3, 0.4) is 0 Å². The molecule has 0 aromatic heterocycles. The molecule has 23 heavy (non-hydrogen) atoms. The third kappa shape index (κ3) is 4.18. The van der Waals surface area contributed by atoms with Crippen LogP contribution in [-0.2, 0) is 16.0 Å². The predicted octanol–water partition coefficient (Wildman–Crippen LogP) is -1.15. The molecule has 1 aromatic rings. The van der Waals surface area contributed by atoms with Gasteiger partial charge in [-0.15, -0.1) is 0 Å². The Morgan fingerprint density at radius 3 is 2.35 bits per heavy atom. The molecule has 1 heterocycles. The minimum atomic E-state index is -1.74. The van der Waals surface area contributed by atoms with Gasteiger partial charge in [0.25, 0.3) is 0 Å². The molecule has 1 saturated heterocycles. The van der Waals surface area contributed by atoms with Gasteiger partial charge in [0, 0.05) is 6.04 Å². The van der Waals surface area contributed by atoms with Crippen molar-refractivity contribution in [3.05, 3.63) is 29.8 Å². The van der Waals surface area contributed by atoms with Crippen LogP contribution in [0.1, 0.15) is 12.5 Å². The first-order valence-corrected chi connectivity index (χ1v) is 7.23.